The van der Waals surface area contributed by atoms with Crippen LogP contribution >= 0.6 is 12.6 Å². The van der Waals surface area contributed by atoms with Crippen molar-refractivity contribution in [3.05, 3.63) is 35.6 Å². The topological polar surface area (TPSA) is 12.0 Å². The first-order valence-electron chi connectivity index (χ1n) is 4.39. The summed E-state index contributed by atoms with van der Waals surface area (Å²) in [5.74, 6) is 0.677. The molecule has 72 valence electrons. The van der Waals surface area contributed by atoms with Crippen molar-refractivity contribution in [2.24, 2.45) is 0 Å². The molecule has 0 amide bonds. The fraction of sp³-hybridized carbons (Fsp3) is 0.400. The number of nitrogens with one attached hydrogen (secondary N) is 1. The van der Waals surface area contributed by atoms with Gasteiger partial charge in [-0.2, -0.15) is 12.6 Å². The minimum absolute atomic E-state index is 0.174. The molecule has 13 heavy (non-hydrogen) atoms. The molecule has 0 aliphatic carbocycles. The molecule has 0 heterocycles. The van der Waals surface area contributed by atoms with Crippen molar-refractivity contribution in [1.29, 1.82) is 0 Å². The molecule has 0 aromatic heterocycles. The van der Waals surface area contributed by atoms with Gasteiger partial charge < -0.3 is 5.32 Å². The molecule has 3 heteroatoms. The number of rotatable bonds is 5. The highest BCUT2D eigenvalue weighted by Gasteiger charge is 1.92. The van der Waals surface area contributed by atoms with E-state index in [1.807, 2.05) is 12.1 Å². The minimum Gasteiger partial charge on any atom is -0.316 e. The Hall–Kier alpha value is -0.540. The van der Waals surface area contributed by atoms with Gasteiger partial charge in [-0.15, -0.1) is 0 Å². The molecule has 0 aliphatic rings. The molecule has 0 saturated heterocycles. The maximum absolute atomic E-state index is 12.5. The van der Waals surface area contributed by atoms with Gasteiger partial charge in [-0.05, 0) is 30.7 Å². The third kappa shape index (κ3) is 4.29. The SMILES string of the molecule is Fc1ccc(CCNCCS)cc1. The summed E-state index contributed by atoms with van der Waals surface area (Å²) in [6.45, 7) is 1.84. The molecule has 1 rings (SSSR count). The van der Waals surface area contributed by atoms with Gasteiger partial charge in [0.2, 0.25) is 0 Å². The number of hydrogen-bond donors (Lipinski definition) is 2. The van der Waals surface area contributed by atoms with Crippen molar-refractivity contribution in [2.45, 2.75) is 6.42 Å². The van der Waals surface area contributed by atoms with Crippen molar-refractivity contribution in [2.75, 3.05) is 18.8 Å². The standard InChI is InChI=1S/C10H14FNS/c11-10-3-1-9(2-4-10)5-6-12-7-8-13/h1-4,12-13H,5-8H2. The van der Waals surface area contributed by atoms with Crippen LogP contribution in [-0.2, 0) is 6.42 Å². The predicted molar refractivity (Wildman–Crippen MR) is 56.8 cm³/mol. The van der Waals surface area contributed by atoms with Crippen LogP contribution in [0.2, 0.25) is 0 Å². The lowest BCUT2D eigenvalue weighted by molar-refractivity contribution is 0.626. The van der Waals surface area contributed by atoms with Gasteiger partial charge in [-0.1, -0.05) is 12.1 Å². The third-order valence-electron chi connectivity index (χ3n) is 1.79. The van der Waals surface area contributed by atoms with Crippen LogP contribution in [0.15, 0.2) is 24.3 Å². The Labute approximate surface area is 83.8 Å². The average Bonchev–Trinajstić information content (AvgIpc) is 2.15. The van der Waals surface area contributed by atoms with Crippen LogP contribution < -0.4 is 5.32 Å². The fourth-order valence-corrected chi connectivity index (χ4v) is 1.25. The van der Waals surface area contributed by atoms with E-state index in [9.17, 15) is 4.39 Å². The normalized spacial score (nSPS) is 10.3. The Bertz CT molecular complexity index is 235. The highest BCUT2D eigenvalue weighted by molar-refractivity contribution is 7.80. The molecule has 0 atom stereocenters. The molecule has 0 aliphatic heterocycles. The smallest absolute Gasteiger partial charge is 0.123 e. The van der Waals surface area contributed by atoms with E-state index in [0.29, 0.717) is 0 Å². The van der Waals surface area contributed by atoms with E-state index in [1.165, 1.54) is 12.1 Å². The van der Waals surface area contributed by atoms with Crippen LogP contribution in [0.25, 0.3) is 0 Å². The zero-order valence-electron chi connectivity index (χ0n) is 7.46. The van der Waals surface area contributed by atoms with Gasteiger partial charge in [-0.25, -0.2) is 4.39 Å². The second-order valence-corrected chi connectivity index (χ2v) is 3.30. The molecule has 0 saturated carbocycles. The van der Waals surface area contributed by atoms with Crippen LogP contribution in [0.5, 0.6) is 0 Å². The van der Waals surface area contributed by atoms with Crippen molar-refractivity contribution >= 4 is 12.6 Å². The average molecular weight is 199 g/mol. The summed E-state index contributed by atoms with van der Waals surface area (Å²) in [7, 11) is 0. The fourth-order valence-electron chi connectivity index (χ4n) is 1.09. The molecule has 0 bridgehead atoms. The summed E-state index contributed by atoms with van der Waals surface area (Å²) in [4.78, 5) is 0. The zero-order valence-corrected chi connectivity index (χ0v) is 8.36. The molecule has 0 fully saturated rings. The minimum atomic E-state index is -0.174. The first-order chi connectivity index (χ1) is 6.33. The van der Waals surface area contributed by atoms with Gasteiger partial charge in [0, 0.05) is 12.3 Å². The second-order valence-electron chi connectivity index (χ2n) is 2.85. The van der Waals surface area contributed by atoms with E-state index in [4.69, 9.17) is 0 Å². The molecule has 1 nitrogen and oxygen atoms in total. The van der Waals surface area contributed by atoms with Crippen LogP contribution in [0.1, 0.15) is 5.56 Å². The van der Waals surface area contributed by atoms with Gasteiger partial charge >= 0.3 is 0 Å². The van der Waals surface area contributed by atoms with E-state index < -0.39 is 0 Å². The van der Waals surface area contributed by atoms with E-state index in [2.05, 4.69) is 17.9 Å². The molecule has 0 radical (unpaired) electrons. The van der Waals surface area contributed by atoms with Crippen molar-refractivity contribution in [3.8, 4) is 0 Å². The monoisotopic (exact) mass is 199 g/mol. The van der Waals surface area contributed by atoms with Crippen LogP contribution in [0.3, 0.4) is 0 Å². The van der Waals surface area contributed by atoms with E-state index in [-0.39, 0.29) is 5.82 Å². The number of hydrogen-bond acceptors (Lipinski definition) is 2. The number of benzene rings is 1. The Morgan fingerprint density at radius 1 is 1.15 bits per heavy atom. The molecule has 0 unspecified atom stereocenters. The molecule has 1 N–H and O–H groups in total. The van der Waals surface area contributed by atoms with Gasteiger partial charge in [0.1, 0.15) is 5.82 Å². The lowest BCUT2D eigenvalue weighted by Gasteiger charge is -2.02. The Morgan fingerprint density at radius 3 is 2.46 bits per heavy atom. The summed E-state index contributed by atoms with van der Waals surface area (Å²) >= 11 is 4.08. The van der Waals surface area contributed by atoms with Crippen molar-refractivity contribution < 1.29 is 4.39 Å². The van der Waals surface area contributed by atoms with Gasteiger partial charge in [0.25, 0.3) is 0 Å². The second kappa shape index (κ2) is 6.00. The van der Waals surface area contributed by atoms with E-state index >= 15 is 0 Å². The van der Waals surface area contributed by atoms with E-state index in [0.717, 1.165) is 30.8 Å². The number of thiol groups is 1. The van der Waals surface area contributed by atoms with E-state index in [1.54, 1.807) is 0 Å². The van der Waals surface area contributed by atoms with Crippen LogP contribution in [0.4, 0.5) is 4.39 Å². The lowest BCUT2D eigenvalue weighted by atomic mass is 10.1. The maximum atomic E-state index is 12.5. The predicted octanol–water partition coefficient (Wildman–Crippen LogP) is 1.89. The molecule has 0 spiro atoms. The quantitative estimate of drug-likeness (QED) is 0.545. The van der Waals surface area contributed by atoms with Crippen molar-refractivity contribution in [1.82, 2.24) is 5.32 Å². The molecule has 1 aromatic rings. The highest BCUT2D eigenvalue weighted by atomic mass is 32.1. The lowest BCUT2D eigenvalue weighted by Crippen LogP contribution is -2.19. The summed E-state index contributed by atoms with van der Waals surface area (Å²) in [5, 5.41) is 3.23. The Balaban J connectivity index is 2.25. The molecule has 1 aromatic carbocycles. The Kier molecular flexibility index (Phi) is 4.86. The summed E-state index contributed by atoms with van der Waals surface area (Å²) in [5.41, 5.74) is 1.16. The van der Waals surface area contributed by atoms with Gasteiger partial charge in [0.05, 0.1) is 0 Å². The van der Waals surface area contributed by atoms with Crippen LogP contribution in [-0.4, -0.2) is 18.8 Å². The summed E-state index contributed by atoms with van der Waals surface area (Å²) in [6, 6.07) is 6.62. The van der Waals surface area contributed by atoms with Crippen LogP contribution in [0, 0.1) is 5.82 Å². The summed E-state index contributed by atoms with van der Waals surface area (Å²) in [6.07, 6.45) is 0.939. The zero-order chi connectivity index (χ0) is 9.52. The molecular formula is C10H14FNS. The first kappa shape index (κ1) is 10.5. The van der Waals surface area contributed by atoms with Gasteiger partial charge in [0.15, 0.2) is 0 Å². The number of halogens is 1. The Morgan fingerprint density at radius 2 is 1.85 bits per heavy atom. The van der Waals surface area contributed by atoms with Crippen molar-refractivity contribution in [3.63, 3.8) is 0 Å². The van der Waals surface area contributed by atoms with Gasteiger partial charge in [-0.3, -0.25) is 0 Å². The highest BCUT2D eigenvalue weighted by Crippen LogP contribution is 2.02. The third-order valence-corrected chi connectivity index (χ3v) is 2.02. The first-order valence-corrected chi connectivity index (χ1v) is 5.02. The molecular weight excluding hydrogens is 185 g/mol. The summed E-state index contributed by atoms with van der Waals surface area (Å²) < 4.78 is 12.5. The maximum Gasteiger partial charge on any atom is 0.123 e. The largest absolute Gasteiger partial charge is 0.316 e.